The molecule has 2 aromatic heterocycles. The molecule has 0 aromatic carbocycles. The molecule has 0 N–H and O–H groups in total. The monoisotopic (exact) mass is 465 g/mol. The molecule has 4 unspecified atom stereocenters. The Morgan fingerprint density at radius 3 is 2.50 bits per heavy atom. The van der Waals surface area contributed by atoms with Crippen LogP contribution >= 0.6 is 0 Å². The predicted octanol–water partition coefficient (Wildman–Crippen LogP) is 8.70. The summed E-state index contributed by atoms with van der Waals surface area (Å²) in [6.45, 7) is 8.45. The summed E-state index contributed by atoms with van der Waals surface area (Å²) in [6.07, 6.45) is 23.9. The molecule has 2 aliphatic carbocycles. The molecule has 2 saturated carbocycles. The molecule has 3 heteroatoms. The Labute approximate surface area is 209 Å². The van der Waals surface area contributed by atoms with E-state index < -0.39 is 0 Å². The standard InChI is InChI=1S/C31H51N3/c1-24(2)27-14-9-8-12-26(13-10-16-27)23-33(4)34-20-19-30-31(34)21-29(22-32-30)28-15-7-5-6-11-25(3)17-18-28/h19-22,24-28H,5-18,23H2,1-4H3. The molecule has 2 aromatic rings. The Morgan fingerprint density at radius 2 is 1.65 bits per heavy atom. The van der Waals surface area contributed by atoms with Gasteiger partial charge in [-0.25, -0.2) is 0 Å². The van der Waals surface area contributed by atoms with Crippen molar-refractivity contribution in [2.75, 3.05) is 18.6 Å². The lowest BCUT2D eigenvalue weighted by Crippen LogP contribution is -2.34. The summed E-state index contributed by atoms with van der Waals surface area (Å²) in [7, 11) is 2.29. The Morgan fingerprint density at radius 1 is 0.912 bits per heavy atom. The lowest BCUT2D eigenvalue weighted by molar-refractivity contribution is 0.321. The van der Waals surface area contributed by atoms with Gasteiger partial charge >= 0.3 is 0 Å². The highest BCUT2D eigenvalue weighted by atomic mass is 15.5. The van der Waals surface area contributed by atoms with Gasteiger partial charge in [0.1, 0.15) is 0 Å². The van der Waals surface area contributed by atoms with E-state index in [0.29, 0.717) is 5.92 Å². The van der Waals surface area contributed by atoms with Gasteiger partial charge in [0, 0.05) is 26.0 Å². The number of hydrogen-bond donors (Lipinski definition) is 0. The molecule has 0 aliphatic heterocycles. The molecule has 3 nitrogen and oxygen atoms in total. The fourth-order valence-corrected chi connectivity index (χ4v) is 6.81. The number of rotatable bonds is 5. The molecule has 0 radical (unpaired) electrons. The van der Waals surface area contributed by atoms with E-state index in [1.807, 2.05) is 0 Å². The van der Waals surface area contributed by atoms with Crippen molar-refractivity contribution in [1.29, 1.82) is 0 Å². The SMILES string of the molecule is CC1CCCCCC(c2cnc3ccn(N(C)CC4CCCCC(C(C)C)CCC4)c3c2)CC1. The van der Waals surface area contributed by atoms with E-state index in [2.05, 4.69) is 62.0 Å². The normalized spacial score (nSPS) is 27.9. The molecule has 0 amide bonds. The number of fused-ring (bicyclic) bond motifs is 1. The topological polar surface area (TPSA) is 21.1 Å². The van der Waals surface area contributed by atoms with Gasteiger partial charge in [0.25, 0.3) is 0 Å². The predicted molar refractivity (Wildman–Crippen MR) is 147 cm³/mol. The zero-order valence-electron chi connectivity index (χ0n) is 22.6. The van der Waals surface area contributed by atoms with E-state index in [0.717, 1.165) is 35.7 Å². The fraction of sp³-hybridized carbons (Fsp3) is 0.774. The minimum atomic E-state index is 0.675. The molecule has 34 heavy (non-hydrogen) atoms. The van der Waals surface area contributed by atoms with Crippen molar-refractivity contribution < 1.29 is 0 Å². The van der Waals surface area contributed by atoms with Crippen molar-refractivity contribution in [2.45, 2.75) is 117 Å². The van der Waals surface area contributed by atoms with Gasteiger partial charge in [-0.05, 0) is 73.0 Å². The van der Waals surface area contributed by atoms with Crippen LogP contribution in [0.25, 0.3) is 11.0 Å². The number of pyridine rings is 1. The smallest absolute Gasteiger partial charge is 0.0901 e. The van der Waals surface area contributed by atoms with Crippen LogP contribution in [0.3, 0.4) is 0 Å². The molecular weight excluding hydrogens is 414 g/mol. The van der Waals surface area contributed by atoms with E-state index in [1.165, 1.54) is 101 Å². The molecule has 0 saturated heterocycles. The van der Waals surface area contributed by atoms with Gasteiger partial charge in [0.2, 0.25) is 0 Å². The van der Waals surface area contributed by atoms with E-state index in [4.69, 9.17) is 4.98 Å². The Bertz CT molecular complexity index is 869. The van der Waals surface area contributed by atoms with E-state index in [9.17, 15) is 0 Å². The van der Waals surface area contributed by atoms with Gasteiger partial charge in [0.15, 0.2) is 0 Å². The quantitative estimate of drug-likeness (QED) is 0.440. The van der Waals surface area contributed by atoms with Gasteiger partial charge in [-0.1, -0.05) is 85.0 Å². The van der Waals surface area contributed by atoms with E-state index >= 15 is 0 Å². The minimum Gasteiger partial charge on any atom is -0.316 e. The Balaban J connectivity index is 1.44. The first-order valence-electron chi connectivity index (χ1n) is 14.7. The molecule has 0 bridgehead atoms. The third-order valence-electron chi connectivity index (χ3n) is 9.23. The minimum absolute atomic E-state index is 0.675. The highest BCUT2D eigenvalue weighted by molar-refractivity contribution is 5.76. The van der Waals surface area contributed by atoms with Gasteiger partial charge in [-0.15, -0.1) is 0 Å². The molecular formula is C31H51N3. The number of hydrogen-bond acceptors (Lipinski definition) is 2. The Kier molecular flexibility index (Phi) is 9.37. The van der Waals surface area contributed by atoms with Gasteiger partial charge in [0.05, 0.1) is 11.0 Å². The van der Waals surface area contributed by atoms with Crippen molar-refractivity contribution in [2.24, 2.45) is 23.7 Å². The van der Waals surface area contributed by atoms with Crippen LogP contribution in [0.5, 0.6) is 0 Å². The largest absolute Gasteiger partial charge is 0.316 e. The van der Waals surface area contributed by atoms with Crippen molar-refractivity contribution in [3.8, 4) is 0 Å². The van der Waals surface area contributed by atoms with Crippen LogP contribution in [0.15, 0.2) is 24.5 Å². The maximum absolute atomic E-state index is 4.92. The molecule has 4 atom stereocenters. The number of aromatic nitrogens is 2. The second kappa shape index (κ2) is 12.5. The summed E-state index contributed by atoms with van der Waals surface area (Å²) >= 11 is 0. The van der Waals surface area contributed by atoms with Gasteiger partial charge in [-0.2, -0.15) is 0 Å². The van der Waals surface area contributed by atoms with Crippen LogP contribution in [0.4, 0.5) is 0 Å². The summed E-state index contributed by atoms with van der Waals surface area (Å²) in [4.78, 5) is 4.92. The molecule has 4 rings (SSSR count). The van der Waals surface area contributed by atoms with Crippen molar-refractivity contribution in [3.05, 3.63) is 30.1 Å². The summed E-state index contributed by atoms with van der Waals surface area (Å²) in [5.41, 5.74) is 3.91. The summed E-state index contributed by atoms with van der Waals surface area (Å²) in [5, 5.41) is 2.47. The maximum atomic E-state index is 4.92. The molecule has 2 aliphatic rings. The zero-order chi connectivity index (χ0) is 23.9. The third-order valence-corrected chi connectivity index (χ3v) is 9.23. The fourth-order valence-electron chi connectivity index (χ4n) is 6.81. The Hall–Kier alpha value is -1.51. The lowest BCUT2D eigenvalue weighted by atomic mass is 9.87. The van der Waals surface area contributed by atoms with Crippen LogP contribution in [-0.4, -0.2) is 23.3 Å². The highest BCUT2D eigenvalue weighted by Crippen LogP contribution is 2.34. The third kappa shape index (κ3) is 6.79. The summed E-state index contributed by atoms with van der Waals surface area (Å²) in [6, 6.07) is 4.68. The molecule has 0 spiro atoms. The first-order valence-corrected chi connectivity index (χ1v) is 14.7. The van der Waals surface area contributed by atoms with Crippen LogP contribution in [-0.2, 0) is 0 Å². The second-order valence-electron chi connectivity index (χ2n) is 12.3. The highest BCUT2D eigenvalue weighted by Gasteiger charge is 2.21. The summed E-state index contributed by atoms with van der Waals surface area (Å²) < 4.78 is 2.40. The van der Waals surface area contributed by atoms with Crippen molar-refractivity contribution in [1.82, 2.24) is 9.66 Å². The molecule has 190 valence electrons. The lowest BCUT2D eigenvalue weighted by Gasteiger charge is -2.28. The van der Waals surface area contributed by atoms with E-state index in [1.54, 1.807) is 0 Å². The van der Waals surface area contributed by atoms with Crippen LogP contribution in [0, 0.1) is 23.7 Å². The van der Waals surface area contributed by atoms with Crippen molar-refractivity contribution in [3.63, 3.8) is 0 Å². The zero-order valence-corrected chi connectivity index (χ0v) is 22.6. The first-order chi connectivity index (χ1) is 16.5. The second-order valence-corrected chi connectivity index (χ2v) is 12.3. The first kappa shape index (κ1) is 25.6. The van der Waals surface area contributed by atoms with Crippen LogP contribution < -0.4 is 5.01 Å². The molecule has 2 heterocycles. The van der Waals surface area contributed by atoms with Crippen molar-refractivity contribution >= 4 is 11.0 Å². The van der Waals surface area contributed by atoms with Crippen LogP contribution in [0.1, 0.15) is 122 Å². The number of nitrogens with zero attached hydrogens (tertiary/aromatic N) is 3. The maximum Gasteiger partial charge on any atom is 0.0901 e. The molecule has 2 fully saturated rings. The van der Waals surface area contributed by atoms with Gasteiger partial charge in [-0.3, -0.25) is 9.66 Å². The average molecular weight is 466 g/mol. The van der Waals surface area contributed by atoms with Crippen LogP contribution in [0.2, 0.25) is 0 Å². The average Bonchev–Trinajstić information content (AvgIpc) is 3.31. The summed E-state index contributed by atoms with van der Waals surface area (Å²) in [5.74, 6) is 4.14. The van der Waals surface area contributed by atoms with E-state index in [-0.39, 0.29) is 0 Å². The van der Waals surface area contributed by atoms with Gasteiger partial charge < -0.3 is 5.01 Å².